The molecular weight excluding hydrogens is 262 g/mol. The number of carbonyl (C=O) groups is 3. The summed E-state index contributed by atoms with van der Waals surface area (Å²) in [6, 6.07) is -0.429. The Bertz CT molecular complexity index is 410. The van der Waals surface area contributed by atoms with Crippen molar-refractivity contribution in [3.8, 4) is 12.3 Å². The summed E-state index contributed by atoms with van der Waals surface area (Å²) in [7, 11) is 0. The zero-order chi connectivity index (χ0) is 15.0. The number of nitrogens with zero attached hydrogens (tertiary/aromatic N) is 1. The van der Waals surface area contributed by atoms with Crippen molar-refractivity contribution >= 4 is 17.9 Å². The van der Waals surface area contributed by atoms with Crippen LogP contribution in [0, 0.1) is 12.3 Å². The lowest BCUT2D eigenvalue weighted by atomic mass is 10.2. The van der Waals surface area contributed by atoms with Gasteiger partial charge in [-0.05, 0) is 12.8 Å². The lowest BCUT2D eigenvalue weighted by Gasteiger charge is -2.17. The van der Waals surface area contributed by atoms with Gasteiger partial charge in [-0.1, -0.05) is 18.8 Å². The van der Waals surface area contributed by atoms with Crippen molar-refractivity contribution in [3.05, 3.63) is 0 Å². The van der Waals surface area contributed by atoms with E-state index in [9.17, 15) is 14.4 Å². The second kappa shape index (κ2) is 8.17. The van der Waals surface area contributed by atoms with E-state index in [1.165, 1.54) is 4.90 Å². The lowest BCUT2D eigenvalue weighted by Crippen LogP contribution is -2.47. The highest BCUT2D eigenvalue weighted by atomic mass is 16.4. The maximum absolute atomic E-state index is 11.6. The monoisotopic (exact) mass is 281 g/mol. The Hall–Kier alpha value is -2.07. The van der Waals surface area contributed by atoms with Gasteiger partial charge in [-0.3, -0.25) is 19.8 Å². The van der Waals surface area contributed by atoms with Crippen LogP contribution in [0.1, 0.15) is 25.7 Å². The van der Waals surface area contributed by atoms with E-state index in [0.29, 0.717) is 0 Å². The average Bonchev–Trinajstić information content (AvgIpc) is 2.80. The maximum Gasteiger partial charge on any atom is 0.321 e. The summed E-state index contributed by atoms with van der Waals surface area (Å²) in [4.78, 5) is 35.0. The van der Waals surface area contributed by atoms with E-state index >= 15 is 0 Å². The highest BCUT2D eigenvalue weighted by Gasteiger charge is 2.19. The first-order valence-corrected chi connectivity index (χ1v) is 6.49. The zero-order valence-corrected chi connectivity index (χ0v) is 11.2. The molecule has 0 aromatic heterocycles. The minimum atomic E-state index is -1.08. The molecule has 0 aromatic rings. The summed E-state index contributed by atoms with van der Waals surface area (Å²) in [5.74, 6) is 0.620. The van der Waals surface area contributed by atoms with Crippen molar-refractivity contribution in [2.75, 3.05) is 19.6 Å². The van der Waals surface area contributed by atoms with E-state index in [-0.39, 0.29) is 25.7 Å². The van der Waals surface area contributed by atoms with Crippen molar-refractivity contribution in [2.45, 2.75) is 31.7 Å². The molecule has 0 aliphatic heterocycles. The first kappa shape index (κ1) is 16.0. The number of carboxylic acid groups (broad SMARTS) is 1. The van der Waals surface area contributed by atoms with Gasteiger partial charge in [-0.25, -0.2) is 4.79 Å². The van der Waals surface area contributed by atoms with Crippen molar-refractivity contribution in [3.63, 3.8) is 0 Å². The van der Waals surface area contributed by atoms with Gasteiger partial charge in [-0.15, -0.1) is 6.42 Å². The third-order valence-electron chi connectivity index (χ3n) is 2.98. The number of hydrogen-bond donors (Lipinski definition) is 3. The van der Waals surface area contributed by atoms with E-state index in [1.807, 2.05) is 0 Å². The first-order chi connectivity index (χ1) is 9.51. The minimum Gasteiger partial charge on any atom is -0.480 e. The summed E-state index contributed by atoms with van der Waals surface area (Å²) in [5.41, 5.74) is 0. The van der Waals surface area contributed by atoms with Gasteiger partial charge in [0.2, 0.25) is 5.91 Å². The molecule has 0 spiro atoms. The normalized spacial score (nSPS) is 14.8. The second-order valence-electron chi connectivity index (χ2n) is 4.75. The molecule has 1 saturated carbocycles. The molecule has 0 aromatic carbocycles. The molecule has 7 nitrogen and oxygen atoms in total. The zero-order valence-electron chi connectivity index (χ0n) is 11.2. The number of urea groups is 1. The topological polar surface area (TPSA) is 98.7 Å². The van der Waals surface area contributed by atoms with E-state index in [4.69, 9.17) is 11.5 Å². The molecule has 1 aliphatic rings. The van der Waals surface area contributed by atoms with Crippen molar-refractivity contribution < 1.29 is 19.5 Å². The van der Waals surface area contributed by atoms with Gasteiger partial charge >= 0.3 is 12.0 Å². The fourth-order valence-electron chi connectivity index (χ4n) is 2.15. The molecule has 1 rings (SSSR count). The molecule has 0 radical (unpaired) electrons. The quantitative estimate of drug-likeness (QED) is 0.584. The number of carboxylic acids is 1. The number of rotatable bonds is 6. The van der Waals surface area contributed by atoms with E-state index in [1.54, 1.807) is 0 Å². The molecule has 3 amide bonds. The number of nitrogens with one attached hydrogen (secondary N) is 2. The Morgan fingerprint density at radius 2 is 1.90 bits per heavy atom. The largest absolute Gasteiger partial charge is 0.480 e. The molecule has 20 heavy (non-hydrogen) atoms. The first-order valence-electron chi connectivity index (χ1n) is 6.49. The molecule has 0 heterocycles. The van der Waals surface area contributed by atoms with Gasteiger partial charge in [0.1, 0.15) is 0 Å². The number of aliphatic carboxylic acids is 1. The number of amides is 3. The van der Waals surface area contributed by atoms with Gasteiger partial charge < -0.3 is 10.4 Å². The summed E-state index contributed by atoms with van der Waals surface area (Å²) >= 11 is 0. The summed E-state index contributed by atoms with van der Waals surface area (Å²) < 4.78 is 0. The van der Waals surface area contributed by atoms with Crippen LogP contribution >= 0.6 is 0 Å². The Morgan fingerprint density at radius 1 is 1.25 bits per heavy atom. The van der Waals surface area contributed by atoms with Gasteiger partial charge in [0, 0.05) is 6.04 Å². The smallest absolute Gasteiger partial charge is 0.321 e. The summed E-state index contributed by atoms with van der Waals surface area (Å²) in [5, 5.41) is 13.6. The second-order valence-corrected chi connectivity index (χ2v) is 4.75. The third kappa shape index (κ3) is 6.20. The van der Waals surface area contributed by atoms with Gasteiger partial charge in [0.05, 0.1) is 19.6 Å². The molecule has 0 saturated heterocycles. The maximum atomic E-state index is 11.6. The molecule has 7 heteroatoms. The Labute approximate surface area is 117 Å². The number of imide groups is 1. The Balaban J connectivity index is 2.34. The third-order valence-corrected chi connectivity index (χ3v) is 2.98. The molecular formula is C13H19N3O4. The van der Waals surface area contributed by atoms with Crippen LogP contribution in [0.2, 0.25) is 0 Å². The number of hydrogen-bond acceptors (Lipinski definition) is 4. The van der Waals surface area contributed by atoms with E-state index < -0.39 is 17.9 Å². The van der Waals surface area contributed by atoms with Gasteiger partial charge in [0.25, 0.3) is 0 Å². The molecule has 0 atom stereocenters. The van der Waals surface area contributed by atoms with Crippen LogP contribution in [0.15, 0.2) is 0 Å². The SMILES string of the molecule is C#CCN(CC(=O)O)CC(=O)NC(=O)NC1CCCC1. The standard InChI is InChI=1S/C13H19N3O4/c1-2-7-16(9-12(18)19)8-11(17)15-13(20)14-10-5-3-4-6-10/h1,10H,3-9H2,(H,18,19)(H2,14,15,17,20). The average molecular weight is 281 g/mol. The highest BCUT2D eigenvalue weighted by Crippen LogP contribution is 2.17. The Kier molecular flexibility index (Phi) is 6.53. The predicted molar refractivity (Wildman–Crippen MR) is 71.8 cm³/mol. The molecule has 1 aliphatic carbocycles. The number of carbonyl (C=O) groups excluding carboxylic acids is 2. The highest BCUT2D eigenvalue weighted by molar-refractivity contribution is 5.95. The molecule has 3 N–H and O–H groups in total. The van der Waals surface area contributed by atoms with Crippen LogP contribution < -0.4 is 10.6 Å². The minimum absolute atomic E-state index is 0.0317. The van der Waals surface area contributed by atoms with Crippen molar-refractivity contribution in [1.82, 2.24) is 15.5 Å². The predicted octanol–water partition coefficient (Wildman–Crippen LogP) is -0.225. The molecule has 0 unspecified atom stereocenters. The van der Waals surface area contributed by atoms with Crippen LogP contribution in [0.3, 0.4) is 0 Å². The van der Waals surface area contributed by atoms with Crippen LogP contribution in [0.5, 0.6) is 0 Å². The van der Waals surface area contributed by atoms with Gasteiger partial charge in [0.15, 0.2) is 0 Å². The van der Waals surface area contributed by atoms with Crippen LogP contribution in [-0.2, 0) is 9.59 Å². The van der Waals surface area contributed by atoms with E-state index in [0.717, 1.165) is 25.7 Å². The number of terminal acetylenes is 1. The van der Waals surface area contributed by atoms with Crippen molar-refractivity contribution in [2.24, 2.45) is 0 Å². The van der Waals surface area contributed by atoms with Gasteiger partial charge in [-0.2, -0.15) is 0 Å². The van der Waals surface area contributed by atoms with Crippen LogP contribution in [-0.4, -0.2) is 53.6 Å². The van der Waals surface area contributed by atoms with Crippen molar-refractivity contribution in [1.29, 1.82) is 0 Å². The van der Waals surface area contributed by atoms with E-state index in [2.05, 4.69) is 16.6 Å². The molecule has 110 valence electrons. The molecule has 0 bridgehead atoms. The van der Waals surface area contributed by atoms with Crippen LogP contribution in [0.25, 0.3) is 0 Å². The Morgan fingerprint density at radius 3 is 2.45 bits per heavy atom. The summed E-state index contributed by atoms with van der Waals surface area (Å²) in [6.07, 6.45) is 9.09. The molecule has 1 fully saturated rings. The lowest BCUT2D eigenvalue weighted by molar-refractivity contribution is -0.138. The fourth-order valence-corrected chi connectivity index (χ4v) is 2.15. The van der Waals surface area contributed by atoms with Crippen LogP contribution in [0.4, 0.5) is 4.79 Å². The fraction of sp³-hybridized carbons (Fsp3) is 0.615. The summed E-state index contributed by atoms with van der Waals surface area (Å²) in [6.45, 7) is -0.541.